The minimum atomic E-state index is -1.22. The number of aromatic nitrogens is 1. The average Bonchev–Trinajstić information content (AvgIpc) is 2.47. The summed E-state index contributed by atoms with van der Waals surface area (Å²) < 4.78 is 5.26. The molecule has 0 spiro atoms. The molecule has 0 amide bonds. The highest BCUT2D eigenvalue weighted by molar-refractivity contribution is 5.08. The molecule has 2 heterocycles. The standard InChI is InChI=1S/C14H21NO5/c16-10(4-3-9-2-1-5-15-7-9)6-12-14(19)13(18)11(17)8-20-12/h1-2,5,7,10-14,16-19H,3-4,6,8H2/t10?,11-,12?,13+,14+/m1/s1. The van der Waals surface area contributed by atoms with E-state index in [1.165, 1.54) is 0 Å². The van der Waals surface area contributed by atoms with E-state index in [0.717, 1.165) is 5.56 Å². The van der Waals surface area contributed by atoms with Gasteiger partial charge in [-0.2, -0.15) is 0 Å². The molecular weight excluding hydrogens is 262 g/mol. The van der Waals surface area contributed by atoms with Crippen LogP contribution in [0.2, 0.25) is 0 Å². The molecule has 112 valence electrons. The number of aliphatic hydroxyl groups is 4. The van der Waals surface area contributed by atoms with Crippen molar-refractivity contribution in [1.29, 1.82) is 0 Å². The third-order valence-corrected chi connectivity index (χ3v) is 3.60. The second kappa shape index (κ2) is 7.10. The SMILES string of the molecule is OC(CCc1cccnc1)CC1OC[C@@H](O)[C@H](O)[C@H]1O. The zero-order chi connectivity index (χ0) is 14.5. The van der Waals surface area contributed by atoms with Gasteiger partial charge in [-0.3, -0.25) is 4.98 Å². The van der Waals surface area contributed by atoms with E-state index in [9.17, 15) is 20.4 Å². The molecule has 0 radical (unpaired) electrons. The predicted molar refractivity (Wildman–Crippen MR) is 70.9 cm³/mol. The fourth-order valence-corrected chi connectivity index (χ4v) is 2.34. The molecule has 1 aromatic rings. The van der Waals surface area contributed by atoms with E-state index in [4.69, 9.17) is 4.74 Å². The highest BCUT2D eigenvalue weighted by atomic mass is 16.5. The Morgan fingerprint density at radius 3 is 2.80 bits per heavy atom. The first kappa shape index (κ1) is 15.3. The van der Waals surface area contributed by atoms with Gasteiger partial charge in [-0.15, -0.1) is 0 Å². The average molecular weight is 283 g/mol. The highest BCUT2D eigenvalue weighted by Crippen LogP contribution is 2.20. The van der Waals surface area contributed by atoms with E-state index in [-0.39, 0.29) is 13.0 Å². The minimum Gasteiger partial charge on any atom is -0.393 e. The number of nitrogens with zero attached hydrogens (tertiary/aromatic N) is 1. The van der Waals surface area contributed by atoms with E-state index < -0.39 is 30.5 Å². The van der Waals surface area contributed by atoms with Gasteiger partial charge in [0.2, 0.25) is 0 Å². The van der Waals surface area contributed by atoms with Crippen molar-refractivity contribution in [3.63, 3.8) is 0 Å². The molecule has 0 bridgehead atoms. The number of rotatable bonds is 5. The second-order valence-corrected chi connectivity index (χ2v) is 5.21. The Balaban J connectivity index is 1.78. The summed E-state index contributed by atoms with van der Waals surface area (Å²) in [6, 6.07) is 3.78. The van der Waals surface area contributed by atoms with Gasteiger partial charge in [-0.25, -0.2) is 0 Å². The van der Waals surface area contributed by atoms with Gasteiger partial charge >= 0.3 is 0 Å². The topological polar surface area (TPSA) is 103 Å². The van der Waals surface area contributed by atoms with Crippen LogP contribution in [0.3, 0.4) is 0 Å². The Morgan fingerprint density at radius 2 is 2.10 bits per heavy atom. The van der Waals surface area contributed by atoms with Crippen LogP contribution in [0.15, 0.2) is 24.5 Å². The van der Waals surface area contributed by atoms with Crippen LogP contribution in [-0.2, 0) is 11.2 Å². The van der Waals surface area contributed by atoms with Gasteiger partial charge in [-0.1, -0.05) is 6.07 Å². The molecule has 0 aromatic carbocycles. The van der Waals surface area contributed by atoms with E-state index in [1.54, 1.807) is 12.4 Å². The molecular formula is C14H21NO5. The van der Waals surface area contributed by atoms with Gasteiger partial charge in [0.1, 0.15) is 18.3 Å². The summed E-state index contributed by atoms with van der Waals surface area (Å²) >= 11 is 0. The molecule has 0 saturated carbocycles. The molecule has 2 rings (SSSR count). The summed E-state index contributed by atoms with van der Waals surface area (Å²) in [7, 11) is 0. The highest BCUT2D eigenvalue weighted by Gasteiger charge is 2.38. The summed E-state index contributed by atoms with van der Waals surface area (Å²) in [5, 5.41) is 38.7. The lowest BCUT2D eigenvalue weighted by molar-refractivity contribution is -0.193. The summed E-state index contributed by atoms with van der Waals surface area (Å²) in [5.41, 5.74) is 1.03. The quantitative estimate of drug-likeness (QED) is 0.567. The molecule has 1 aliphatic rings. The van der Waals surface area contributed by atoms with Crippen molar-refractivity contribution in [2.45, 2.75) is 49.8 Å². The van der Waals surface area contributed by atoms with Crippen molar-refractivity contribution in [1.82, 2.24) is 4.98 Å². The number of aryl methyl sites for hydroxylation is 1. The van der Waals surface area contributed by atoms with Gasteiger partial charge in [0.15, 0.2) is 0 Å². The first-order chi connectivity index (χ1) is 9.58. The smallest absolute Gasteiger partial charge is 0.111 e. The first-order valence-electron chi connectivity index (χ1n) is 6.80. The molecule has 0 aliphatic carbocycles. The van der Waals surface area contributed by atoms with Crippen molar-refractivity contribution < 1.29 is 25.2 Å². The zero-order valence-corrected chi connectivity index (χ0v) is 11.2. The van der Waals surface area contributed by atoms with Crippen LogP contribution in [0.25, 0.3) is 0 Å². The number of aliphatic hydroxyl groups excluding tert-OH is 4. The van der Waals surface area contributed by atoms with E-state index in [1.807, 2.05) is 12.1 Å². The normalized spacial score (nSPS) is 32.0. The molecule has 5 atom stereocenters. The summed E-state index contributed by atoms with van der Waals surface area (Å²) in [6.45, 7) is -0.0295. The first-order valence-corrected chi connectivity index (χ1v) is 6.80. The molecule has 1 aliphatic heterocycles. The second-order valence-electron chi connectivity index (χ2n) is 5.21. The molecule has 6 heteroatoms. The minimum absolute atomic E-state index is 0.0295. The maximum absolute atomic E-state index is 9.98. The zero-order valence-electron chi connectivity index (χ0n) is 11.2. The van der Waals surface area contributed by atoms with Crippen LogP contribution in [0.5, 0.6) is 0 Å². The van der Waals surface area contributed by atoms with Crippen LogP contribution in [0.4, 0.5) is 0 Å². The maximum Gasteiger partial charge on any atom is 0.111 e. The van der Waals surface area contributed by atoms with Gasteiger partial charge in [0, 0.05) is 18.8 Å². The summed E-state index contributed by atoms with van der Waals surface area (Å²) in [5.74, 6) is 0. The third-order valence-electron chi connectivity index (χ3n) is 3.60. The number of hydrogen-bond donors (Lipinski definition) is 4. The monoisotopic (exact) mass is 283 g/mol. The van der Waals surface area contributed by atoms with Crippen LogP contribution < -0.4 is 0 Å². The van der Waals surface area contributed by atoms with Crippen molar-refractivity contribution in [2.24, 2.45) is 0 Å². The number of hydrogen-bond acceptors (Lipinski definition) is 6. The van der Waals surface area contributed by atoms with E-state index in [2.05, 4.69) is 4.98 Å². The fourth-order valence-electron chi connectivity index (χ4n) is 2.34. The van der Waals surface area contributed by atoms with Gasteiger partial charge < -0.3 is 25.2 Å². The fraction of sp³-hybridized carbons (Fsp3) is 0.643. The Kier molecular flexibility index (Phi) is 5.45. The van der Waals surface area contributed by atoms with E-state index >= 15 is 0 Å². The largest absolute Gasteiger partial charge is 0.393 e. The molecule has 1 fully saturated rings. The van der Waals surface area contributed by atoms with Crippen molar-refractivity contribution >= 4 is 0 Å². The lowest BCUT2D eigenvalue weighted by Crippen LogP contribution is -2.53. The van der Waals surface area contributed by atoms with Crippen molar-refractivity contribution in [2.75, 3.05) is 6.61 Å². The Bertz CT molecular complexity index is 402. The molecule has 1 aromatic heterocycles. The Morgan fingerprint density at radius 1 is 1.30 bits per heavy atom. The Labute approximate surface area is 117 Å². The number of pyridine rings is 1. The van der Waals surface area contributed by atoms with E-state index in [0.29, 0.717) is 12.8 Å². The lowest BCUT2D eigenvalue weighted by Gasteiger charge is -2.36. The lowest BCUT2D eigenvalue weighted by atomic mass is 9.94. The third kappa shape index (κ3) is 3.97. The van der Waals surface area contributed by atoms with Crippen LogP contribution in [0, 0.1) is 0 Å². The van der Waals surface area contributed by atoms with Crippen LogP contribution in [-0.4, -0.2) is 62.5 Å². The molecule has 2 unspecified atom stereocenters. The summed E-state index contributed by atoms with van der Waals surface area (Å²) in [4.78, 5) is 4.00. The van der Waals surface area contributed by atoms with Crippen molar-refractivity contribution in [3.05, 3.63) is 30.1 Å². The molecule has 4 N–H and O–H groups in total. The van der Waals surface area contributed by atoms with Crippen LogP contribution >= 0.6 is 0 Å². The Hall–Kier alpha value is -1.05. The van der Waals surface area contributed by atoms with Gasteiger partial charge in [-0.05, 0) is 24.5 Å². The maximum atomic E-state index is 9.98. The number of ether oxygens (including phenoxy) is 1. The van der Waals surface area contributed by atoms with Crippen LogP contribution in [0.1, 0.15) is 18.4 Å². The summed E-state index contributed by atoms with van der Waals surface area (Å²) in [6.07, 6.45) is 0.109. The molecule has 20 heavy (non-hydrogen) atoms. The van der Waals surface area contributed by atoms with Gasteiger partial charge in [0.25, 0.3) is 0 Å². The van der Waals surface area contributed by atoms with Gasteiger partial charge in [0.05, 0.1) is 18.8 Å². The molecule has 1 saturated heterocycles. The predicted octanol–water partition coefficient (Wildman–Crippen LogP) is -0.753. The van der Waals surface area contributed by atoms with Crippen molar-refractivity contribution in [3.8, 4) is 0 Å². The molecule has 6 nitrogen and oxygen atoms in total.